The average molecular weight is 295 g/mol. The molecule has 2 rings (SSSR count). The Hall–Kier alpha value is -1.06. The summed E-state index contributed by atoms with van der Waals surface area (Å²) in [4.78, 5) is 12.3. The van der Waals surface area contributed by atoms with E-state index in [9.17, 15) is 4.79 Å². The lowest BCUT2D eigenvalue weighted by molar-refractivity contribution is -0.118. The van der Waals surface area contributed by atoms with E-state index in [0.29, 0.717) is 18.0 Å². The Kier molecular flexibility index (Phi) is 5.06. The zero-order chi connectivity index (χ0) is 14.6. The van der Waals surface area contributed by atoms with E-state index in [1.54, 1.807) is 0 Å². The smallest absolute Gasteiger partial charge is 0.224 e. The molecule has 1 aromatic rings. The van der Waals surface area contributed by atoms with Gasteiger partial charge in [-0.15, -0.1) is 0 Å². The predicted molar refractivity (Wildman–Crippen MR) is 84.0 cm³/mol. The van der Waals surface area contributed by atoms with Crippen molar-refractivity contribution in [2.24, 2.45) is 11.1 Å². The van der Waals surface area contributed by atoms with Gasteiger partial charge in [-0.3, -0.25) is 4.79 Å². The van der Waals surface area contributed by atoms with Crippen LogP contribution in [0.4, 0.5) is 5.69 Å². The summed E-state index contributed by atoms with van der Waals surface area (Å²) in [6.07, 6.45) is 6.25. The van der Waals surface area contributed by atoms with E-state index in [1.165, 1.54) is 19.3 Å². The highest BCUT2D eigenvalue weighted by atomic mass is 35.5. The summed E-state index contributed by atoms with van der Waals surface area (Å²) in [6, 6.07) is 5.56. The molecular formula is C16H23ClN2O. The molecule has 1 amide bonds. The number of nitrogens with two attached hydrogens (primary N) is 1. The summed E-state index contributed by atoms with van der Waals surface area (Å²) < 4.78 is 0. The van der Waals surface area contributed by atoms with Gasteiger partial charge in [0.05, 0.1) is 0 Å². The molecule has 0 bridgehead atoms. The van der Waals surface area contributed by atoms with Crippen molar-refractivity contribution in [2.75, 3.05) is 11.9 Å². The molecule has 0 heterocycles. The van der Waals surface area contributed by atoms with E-state index in [4.69, 9.17) is 17.3 Å². The highest BCUT2D eigenvalue weighted by Gasteiger charge is 2.33. The molecule has 20 heavy (non-hydrogen) atoms. The lowest BCUT2D eigenvalue weighted by Crippen LogP contribution is -2.36. The van der Waals surface area contributed by atoms with Crippen molar-refractivity contribution in [3.05, 3.63) is 28.8 Å². The minimum atomic E-state index is -0.00515. The van der Waals surface area contributed by atoms with Gasteiger partial charge in [0.25, 0.3) is 0 Å². The van der Waals surface area contributed by atoms with Crippen LogP contribution in [-0.2, 0) is 4.79 Å². The van der Waals surface area contributed by atoms with Crippen LogP contribution in [0.25, 0.3) is 0 Å². The number of benzene rings is 1. The van der Waals surface area contributed by atoms with Crippen molar-refractivity contribution in [2.45, 2.75) is 45.4 Å². The molecule has 1 saturated carbocycles. The molecule has 0 aliphatic heterocycles. The number of rotatable bonds is 4. The molecule has 3 N–H and O–H groups in total. The third-order valence-corrected chi connectivity index (χ3v) is 4.83. The molecule has 1 fully saturated rings. The highest BCUT2D eigenvalue weighted by Crippen LogP contribution is 2.38. The topological polar surface area (TPSA) is 55.1 Å². The normalized spacial score (nSPS) is 17.8. The van der Waals surface area contributed by atoms with Crippen molar-refractivity contribution < 1.29 is 4.79 Å². The Balaban J connectivity index is 2.03. The second-order valence-corrected chi connectivity index (χ2v) is 6.31. The van der Waals surface area contributed by atoms with Gasteiger partial charge >= 0.3 is 0 Å². The van der Waals surface area contributed by atoms with Crippen molar-refractivity contribution in [3.8, 4) is 0 Å². The summed E-state index contributed by atoms with van der Waals surface area (Å²) in [6.45, 7) is 2.51. The Morgan fingerprint density at radius 2 is 2.05 bits per heavy atom. The predicted octanol–water partition coefficient (Wildman–Crippen LogP) is 3.89. The number of carbonyl (C=O) groups excluding carboxylic acids is 1. The fraction of sp³-hybridized carbons (Fsp3) is 0.562. The number of halogens is 1. The van der Waals surface area contributed by atoms with Crippen LogP contribution < -0.4 is 11.1 Å². The second-order valence-electron chi connectivity index (χ2n) is 5.90. The maximum absolute atomic E-state index is 12.3. The molecule has 0 atom stereocenters. The molecule has 4 heteroatoms. The maximum Gasteiger partial charge on any atom is 0.224 e. The second kappa shape index (κ2) is 6.59. The van der Waals surface area contributed by atoms with Gasteiger partial charge in [0, 0.05) is 17.1 Å². The van der Waals surface area contributed by atoms with Gasteiger partial charge in [0.1, 0.15) is 0 Å². The molecule has 0 radical (unpaired) electrons. The Morgan fingerprint density at radius 3 is 2.70 bits per heavy atom. The number of anilines is 1. The van der Waals surface area contributed by atoms with Crippen LogP contribution in [-0.4, -0.2) is 12.5 Å². The molecule has 1 aromatic carbocycles. The third-order valence-electron chi connectivity index (χ3n) is 4.42. The van der Waals surface area contributed by atoms with Crippen LogP contribution in [0.3, 0.4) is 0 Å². The first-order valence-corrected chi connectivity index (χ1v) is 7.69. The van der Waals surface area contributed by atoms with Crippen molar-refractivity contribution in [1.82, 2.24) is 0 Å². The fourth-order valence-electron chi connectivity index (χ4n) is 3.03. The molecule has 0 saturated heterocycles. The lowest BCUT2D eigenvalue weighted by atomic mass is 9.71. The SMILES string of the molecule is Cc1c(Cl)cccc1NC(=O)CC1(CN)CCCCC1. The molecule has 0 spiro atoms. The van der Waals surface area contributed by atoms with Gasteiger partial charge in [0.15, 0.2) is 0 Å². The molecule has 0 aromatic heterocycles. The van der Waals surface area contributed by atoms with E-state index < -0.39 is 0 Å². The standard InChI is InChI=1S/C16H23ClN2O/c1-12-13(17)6-5-7-14(12)19-15(20)10-16(11-18)8-3-2-4-9-16/h5-7H,2-4,8-11,18H2,1H3,(H,19,20). The minimum Gasteiger partial charge on any atom is -0.330 e. The van der Waals surface area contributed by atoms with Gasteiger partial charge in [-0.05, 0) is 49.4 Å². The number of nitrogens with one attached hydrogen (secondary N) is 1. The molecular weight excluding hydrogens is 272 g/mol. The zero-order valence-electron chi connectivity index (χ0n) is 12.0. The number of hydrogen-bond acceptors (Lipinski definition) is 2. The zero-order valence-corrected chi connectivity index (χ0v) is 12.8. The summed E-state index contributed by atoms with van der Waals surface area (Å²) >= 11 is 6.07. The van der Waals surface area contributed by atoms with E-state index >= 15 is 0 Å². The number of hydrogen-bond donors (Lipinski definition) is 2. The molecule has 1 aliphatic carbocycles. The summed E-state index contributed by atoms with van der Waals surface area (Å²) in [5.74, 6) is 0.0442. The Morgan fingerprint density at radius 1 is 1.35 bits per heavy atom. The molecule has 3 nitrogen and oxygen atoms in total. The van der Waals surface area contributed by atoms with E-state index in [-0.39, 0.29) is 11.3 Å². The van der Waals surface area contributed by atoms with Crippen LogP contribution in [0, 0.1) is 12.3 Å². The van der Waals surface area contributed by atoms with Gasteiger partial charge in [-0.2, -0.15) is 0 Å². The van der Waals surface area contributed by atoms with Crippen LogP contribution in [0.5, 0.6) is 0 Å². The maximum atomic E-state index is 12.3. The first-order chi connectivity index (χ1) is 9.56. The average Bonchev–Trinajstić information content (AvgIpc) is 2.45. The first-order valence-electron chi connectivity index (χ1n) is 7.31. The fourth-order valence-corrected chi connectivity index (χ4v) is 3.21. The van der Waals surface area contributed by atoms with Crippen molar-refractivity contribution >= 4 is 23.2 Å². The van der Waals surface area contributed by atoms with Crippen LogP contribution in [0.2, 0.25) is 5.02 Å². The third kappa shape index (κ3) is 3.53. The van der Waals surface area contributed by atoms with Crippen LogP contribution in [0.1, 0.15) is 44.1 Å². The summed E-state index contributed by atoms with van der Waals surface area (Å²) in [5, 5.41) is 3.65. The molecule has 110 valence electrons. The number of amides is 1. The molecule has 0 unspecified atom stereocenters. The van der Waals surface area contributed by atoms with Crippen molar-refractivity contribution in [1.29, 1.82) is 0 Å². The van der Waals surface area contributed by atoms with Crippen LogP contribution >= 0.6 is 11.6 Å². The lowest BCUT2D eigenvalue weighted by Gasteiger charge is -2.35. The van der Waals surface area contributed by atoms with Crippen LogP contribution in [0.15, 0.2) is 18.2 Å². The monoisotopic (exact) mass is 294 g/mol. The molecule has 1 aliphatic rings. The summed E-state index contributed by atoms with van der Waals surface area (Å²) in [5.41, 5.74) is 7.63. The quantitative estimate of drug-likeness (QED) is 0.885. The highest BCUT2D eigenvalue weighted by molar-refractivity contribution is 6.31. The summed E-state index contributed by atoms with van der Waals surface area (Å²) in [7, 11) is 0. The Labute approximate surface area is 125 Å². The Bertz CT molecular complexity index is 481. The van der Waals surface area contributed by atoms with E-state index in [2.05, 4.69) is 5.32 Å². The van der Waals surface area contributed by atoms with E-state index in [1.807, 2.05) is 25.1 Å². The largest absolute Gasteiger partial charge is 0.330 e. The minimum absolute atomic E-state index is 0.00515. The van der Waals surface area contributed by atoms with E-state index in [0.717, 1.165) is 24.1 Å². The van der Waals surface area contributed by atoms with Gasteiger partial charge in [0.2, 0.25) is 5.91 Å². The first kappa shape index (κ1) is 15.3. The van der Waals surface area contributed by atoms with Gasteiger partial charge in [-0.1, -0.05) is 36.9 Å². The number of carbonyl (C=O) groups is 1. The van der Waals surface area contributed by atoms with Gasteiger partial charge < -0.3 is 11.1 Å². The van der Waals surface area contributed by atoms with Crippen molar-refractivity contribution in [3.63, 3.8) is 0 Å². The van der Waals surface area contributed by atoms with Gasteiger partial charge in [-0.25, -0.2) is 0 Å².